The zero-order chi connectivity index (χ0) is 11.8. The molecule has 0 amide bonds. The lowest BCUT2D eigenvalue weighted by Crippen LogP contribution is -2.10. The molecule has 0 bridgehead atoms. The van der Waals surface area contributed by atoms with E-state index in [1.165, 1.54) is 0 Å². The molecule has 0 fully saturated rings. The van der Waals surface area contributed by atoms with Crippen LogP contribution in [0, 0.1) is 5.92 Å². The maximum atomic E-state index is 5.63. The van der Waals surface area contributed by atoms with Crippen molar-refractivity contribution >= 4 is 11.6 Å². The molecule has 1 aromatic heterocycles. The molecule has 1 aromatic rings. The highest BCUT2D eigenvalue weighted by Crippen LogP contribution is 2.10. The number of ether oxygens (including phenoxy) is 2. The minimum absolute atomic E-state index is 0.428. The zero-order valence-electron chi connectivity index (χ0n) is 9.78. The largest absolute Gasteiger partial charge is 0.490 e. The number of rotatable bonds is 7. The third-order valence-corrected chi connectivity index (χ3v) is 2.16. The fourth-order valence-electron chi connectivity index (χ4n) is 1.11. The van der Waals surface area contributed by atoms with Crippen LogP contribution in [0.1, 0.15) is 19.5 Å². The number of hydrogen-bond donors (Lipinski definition) is 0. The Balaban J connectivity index is 2.16. The van der Waals surface area contributed by atoms with Crippen LogP contribution in [-0.2, 0) is 10.6 Å². The number of halogens is 1. The average molecular weight is 244 g/mol. The van der Waals surface area contributed by atoms with Crippen LogP contribution in [-0.4, -0.2) is 24.8 Å². The quantitative estimate of drug-likeness (QED) is 0.545. The third-order valence-electron chi connectivity index (χ3n) is 1.88. The number of aromatic nitrogens is 1. The van der Waals surface area contributed by atoms with Crippen LogP contribution in [0.5, 0.6) is 5.75 Å². The van der Waals surface area contributed by atoms with Gasteiger partial charge in [0.1, 0.15) is 12.4 Å². The first-order valence-corrected chi connectivity index (χ1v) is 5.97. The Bertz CT molecular complexity index is 288. The summed E-state index contributed by atoms with van der Waals surface area (Å²) in [7, 11) is 0. The molecule has 90 valence electrons. The number of nitrogens with zero attached hydrogens (tertiary/aromatic N) is 1. The molecule has 0 atom stereocenters. The van der Waals surface area contributed by atoms with Crippen molar-refractivity contribution in [2.45, 2.75) is 19.7 Å². The molecule has 0 N–H and O–H groups in total. The standard InChI is InChI=1S/C12H18ClNO2/c1-10(2)9-15-5-6-16-12-4-3-11(7-13)14-8-12/h3-4,8,10H,5-7,9H2,1-2H3. The average Bonchev–Trinajstić information content (AvgIpc) is 2.29. The van der Waals surface area contributed by atoms with Crippen molar-refractivity contribution in [3.8, 4) is 5.75 Å². The summed E-state index contributed by atoms with van der Waals surface area (Å²) in [5.74, 6) is 1.74. The van der Waals surface area contributed by atoms with Crippen LogP contribution < -0.4 is 4.74 Å². The highest BCUT2D eigenvalue weighted by atomic mass is 35.5. The van der Waals surface area contributed by atoms with E-state index < -0.39 is 0 Å². The van der Waals surface area contributed by atoms with Crippen LogP contribution in [0.25, 0.3) is 0 Å². The van der Waals surface area contributed by atoms with Gasteiger partial charge in [-0.3, -0.25) is 4.98 Å². The molecule has 0 spiro atoms. The predicted octanol–water partition coefficient (Wildman–Crippen LogP) is 2.87. The van der Waals surface area contributed by atoms with E-state index in [1.807, 2.05) is 12.1 Å². The summed E-state index contributed by atoms with van der Waals surface area (Å²) in [5, 5.41) is 0. The second kappa shape index (κ2) is 7.47. The van der Waals surface area contributed by atoms with Crippen molar-refractivity contribution in [1.29, 1.82) is 0 Å². The number of pyridine rings is 1. The third kappa shape index (κ3) is 5.33. The molecule has 0 saturated heterocycles. The van der Waals surface area contributed by atoms with Crippen molar-refractivity contribution in [3.05, 3.63) is 24.0 Å². The summed E-state index contributed by atoms with van der Waals surface area (Å²) < 4.78 is 10.9. The van der Waals surface area contributed by atoms with Crippen LogP contribution in [0.4, 0.5) is 0 Å². The topological polar surface area (TPSA) is 31.4 Å². The van der Waals surface area contributed by atoms with Gasteiger partial charge in [-0.25, -0.2) is 0 Å². The molecule has 1 rings (SSSR count). The zero-order valence-corrected chi connectivity index (χ0v) is 10.5. The Labute approximate surface area is 102 Å². The van der Waals surface area contributed by atoms with Crippen LogP contribution in [0.3, 0.4) is 0 Å². The molecule has 4 heteroatoms. The van der Waals surface area contributed by atoms with Gasteiger partial charge in [0.25, 0.3) is 0 Å². The van der Waals surface area contributed by atoms with E-state index >= 15 is 0 Å². The molecule has 3 nitrogen and oxygen atoms in total. The molecule has 0 aliphatic heterocycles. The summed E-state index contributed by atoms with van der Waals surface area (Å²) in [6.45, 7) is 6.17. The smallest absolute Gasteiger partial charge is 0.137 e. The molecule has 0 aliphatic carbocycles. The van der Waals surface area contributed by atoms with E-state index in [0.717, 1.165) is 18.1 Å². The first-order valence-electron chi connectivity index (χ1n) is 5.44. The Morgan fingerprint density at radius 3 is 2.69 bits per heavy atom. The molecule has 0 aliphatic rings. The van der Waals surface area contributed by atoms with Gasteiger partial charge in [0, 0.05) is 6.61 Å². The number of alkyl halides is 1. The number of hydrogen-bond acceptors (Lipinski definition) is 3. The van der Waals surface area contributed by atoms with Crippen molar-refractivity contribution in [3.63, 3.8) is 0 Å². The highest BCUT2D eigenvalue weighted by molar-refractivity contribution is 6.16. The monoisotopic (exact) mass is 243 g/mol. The van der Waals surface area contributed by atoms with Crippen LogP contribution in [0.2, 0.25) is 0 Å². The first kappa shape index (κ1) is 13.3. The highest BCUT2D eigenvalue weighted by Gasteiger charge is 1.97. The molecule has 0 saturated carbocycles. The summed E-state index contributed by atoms with van der Waals surface area (Å²) in [4.78, 5) is 4.13. The summed E-state index contributed by atoms with van der Waals surface area (Å²) in [5.41, 5.74) is 0.852. The second-order valence-electron chi connectivity index (χ2n) is 3.94. The summed E-state index contributed by atoms with van der Waals surface area (Å²) >= 11 is 5.63. The summed E-state index contributed by atoms with van der Waals surface area (Å²) in [6, 6.07) is 3.73. The van der Waals surface area contributed by atoms with Gasteiger partial charge in [0.05, 0.1) is 24.4 Å². The van der Waals surface area contributed by atoms with Crippen molar-refractivity contribution in [2.75, 3.05) is 19.8 Å². The molecule has 0 aromatic carbocycles. The SMILES string of the molecule is CC(C)COCCOc1ccc(CCl)nc1. The maximum absolute atomic E-state index is 5.63. The van der Waals surface area contributed by atoms with Gasteiger partial charge < -0.3 is 9.47 Å². The lowest BCUT2D eigenvalue weighted by atomic mass is 10.2. The minimum atomic E-state index is 0.428. The van der Waals surface area contributed by atoms with Crippen molar-refractivity contribution in [2.24, 2.45) is 5.92 Å². The maximum Gasteiger partial charge on any atom is 0.137 e. The van der Waals surface area contributed by atoms with E-state index in [1.54, 1.807) is 6.20 Å². The van der Waals surface area contributed by atoms with E-state index in [4.69, 9.17) is 21.1 Å². The van der Waals surface area contributed by atoms with Crippen molar-refractivity contribution in [1.82, 2.24) is 4.98 Å². The summed E-state index contributed by atoms with van der Waals surface area (Å²) in [6.07, 6.45) is 1.68. The van der Waals surface area contributed by atoms with E-state index in [9.17, 15) is 0 Å². The molecular formula is C12H18ClNO2. The van der Waals surface area contributed by atoms with Crippen LogP contribution in [0.15, 0.2) is 18.3 Å². The fourth-order valence-corrected chi connectivity index (χ4v) is 1.27. The van der Waals surface area contributed by atoms with Gasteiger partial charge in [0.2, 0.25) is 0 Å². The normalized spacial score (nSPS) is 10.8. The van der Waals surface area contributed by atoms with E-state index in [2.05, 4.69) is 18.8 Å². The van der Waals surface area contributed by atoms with Gasteiger partial charge in [0.15, 0.2) is 0 Å². The molecule has 16 heavy (non-hydrogen) atoms. The van der Waals surface area contributed by atoms with Crippen LogP contribution >= 0.6 is 11.6 Å². The Morgan fingerprint density at radius 1 is 1.31 bits per heavy atom. The molecule has 1 heterocycles. The first-order chi connectivity index (χ1) is 7.72. The molecule has 0 unspecified atom stereocenters. The van der Waals surface area contributed by atoms with Gasteiger partial charge in [-0.15, -0.1) is 11.6 Å². The second-order valence-corrected chi connectivity index (χ2v) is 4.20. The van der Waals surface area contributed by atoms with Gasteiger partial charge in [-0.05, 0) is 18.1 Å². The Morgan fingerprint density at radius 2 is 2.12 bits per heavy atom. The van der Waals surface area contributed by atoms with Gasteiger partial charge >= 0.3 is 0 Å². The Kier molecular flexibility index (Phi) is 6.19. The molecular weight excluding hydrogens is 226 g/mol. The van der Waals surface area contributed by atoms with Crippen molar-refractivity contribution < 1.29 is 9.47 Å². The van der Waals surface area contributed by atoms with Gasteiger partial charge in [-0.1, -0.05) is 13.8 Å². The Hall–Kier alpha value is -0.800. The lowest BCUT2D eigenvalue weighted by Gasteiger charge is -2.08. The van der Waals surface area contributed by atoms with Gasteiger partial charge in [-0.2, -0.15) is 0 Å². The lowest BCUT2D eigenvalue weighted by molar-refractivity contribution is 0.0818. The van der Waals surface area contributed by atoms with E-state index in [-0.39, 0.29) is 0 Å². The predicted molar refractivity (Wildman–Crippen MR) is 64.9 cm³/mol. The fraction of sp³-hybridized carbons (Fsp3) is 0.583. The molecule has 0 radical (unpaired) electrons. The minimum Gasteiger partial charge on any atom is -0.490 e. The van der Waals surface area contributed by atoms with E-state index in [0.29, 0.717) is 25.0 Å².